The lowest BCUT2D eigenvalue weighted by Crippen LogP contribution is -2.16. The summed E-state index contributed by atoms with van der Waals surface area (Å²) in [4.78, 5) is 7.63. The van der Waals surface area contributed by atoms with Crippen LogP contribution in [0.15, 0.2) is 18.3 Å². The van der Waals surface area contributed by atoms with Crippen LogP contribution in [-0.4, -0.2) is 16.5 Å². The van der Waals surface area contributed by atoms with Gasteiger partial charge in [0, 0.05) is 36.8 Å². The fourth-order valence-electron chi connectivity index (χ4n) is 1.91. The standard InChI is InChI=1S/C10H10N3/c1-2-7-8-6-11-5-3-9(8)13-10(7)12-4-1/h1-2,4H,3,5-6H2,(H,12,13). The molecule has 0 aromatic carbocycles. The maximum atomic E-state index is 4.39. The highest BCUT2D eigenvalue weighted by Gasteiger charge is 2.15. The van der Waals surface area contributed by atoms with Crippen LogP contribution in [0.2, 0.25) is 0 Å². The third-order valence-electron chi connectivity index (χ3n) is 2.56. The summed E-state index contributed by atoms with van der Waals surface area (Å²) in [5, 5.41) is 5.63. The molecule has 3 nitrogen and oxygen atoms in total. The molecule has 0 saturated carbocycles. The minimum atomic E-state index is 0.848. The molecule has 3 heterocycles. The summed E-state index contributed by atoms with van der Waals surface area (Å²) in [6.07, 6.45) is 2.85. The lowest BCUT2D eigenvalue weighted by Gasteiger charge is -2.10. The van der Waals surface area contributed by atoms with Crippen LogP contribution < -0.4 is 5.32 Å². The number of nitrogens with zero attached hydrogens (tertiary/aromatic N) is 2. The van der Waals surface area contributed by atoms with Gasteiger partial charge in [-0.15, -0.1) is 0 Å². The molecule has 65 valence electrons. The maximum Gasteiger partial charge on any atom is 0.137 e. The molecule has 0 unspecified atom stereocenters. The molecule has 1 N–H and O–H groups in total. The smallest absolute Gasteiger partial charge is 0.137 e. The van der Waals surface area contributed by atoms with E-state index in [2.05, 4.69) is 21.4 Å². The first-order chi connectivity index (χ1) is 6.45. The Kier molecular flexibility index (Phi) is 1.40. The lowest BCUT2D eigenvalue weighted by molar-refractivity contribution is 0.627. The SMILES string of the molecule is c1cnc2[nH]c3c(c2c1)C[N]CC3. The summed E-state index contributed by atoms with van der Waals surface area (Å²) in [5.41, 5.74) is 3.67. The van der Waals surface area contributed by atoms with E-state index in [0.29, 0.717) is 0 Å². The van der Waals surface area contributed by atoms with Crippen molar-refractivity contribution >= 4 is 11.0 Å². The van der Waals surface area contributed by atoms with Crippen LogP contribution in [-0.2, 0) is 13.0 Å². The van der Waals surface area contributed by atoms with Gasteiger partial charge in [-0.3, -0.25) is 0 Å². The minimum Gasteiger partial charge on any atom is -0.343 e. The first-order valence-corrected chi connectivity index (χ1v) is 4.53. The number of hydrogen-bond donors (Lipinski definition) is 1. The maximum absolute atomic E-state index is 4.39. The van der Waals surface area contributed by atoms with Crippen molar-refractivity contribution in [1.82, 2.24) is 15.3 Å². The van der Waals surface area contributed by atoms with Gasteiger partial charge in [0.1, 0.15) is 5.65 Å². The van der Waals surface area contributed by atoms with Crippen molar-refractivity contribution in [2.45, 2.75) is 13.0 Å². The molecule has 1 aliphatic rings. The third-order valence-corrected chi connectivity index (χ3v) is 2.56. The van der Waals surface area contributed by atoms with Gasteiger partial charge >= 0.3 is 0 Å². The summed E-state index contributed by atoms with van der Waals surface area (Å²) in [7, 11) is 0. The Hall–Kier alpha value is -1.35. The number of rotatable bonds is 0. The number of aromatic nitrogens is 2. The van der Waals surface area contributed by atoms with Crippen molar-refractivity contribution < 1.29 is 0 Å². The molecule has 1 aliphatic heterocycles. The second kappa shape index (κ2) is 2.57. The highest BCUT2D eigenvalue weighted by atomic mass is 14.9. The predicted octanol–water partition coefficient (Wildman–Crippen LogP) is 1.22. The molecule has 0 amide bonds. The lowest BCUT2D eigenvalue weighted by atomic mass is 10.1. The zero-order valence-corrected chi connectivity index (χ0v) is 7.25. The molecule has 0 bridgehead atoms. The molecular weight excluding hydrogens is 162 g/mol. The van der Waals surface area contributed by atoms with E-state index in [1.54, 1.807) is 0 Å². The third kappa shape index (κ3) is 0.971. The van der Waals surface area contributed by atoms with Crippen LogP contribution in [0.1, 0.15) is 11.3 Å². The molecule has 0 fully saturated rings. The highest BCUT2D eigenvalue weighted by molar-refractivity contribution is 5.81. The quantitative estimate of drug-likeness (QED) is 0.638. The van der Waals surface area contributed by atoms with Gasteiger partial charge in [-0.05, 0) is 17.7 Å². The van der Waals surface area contributed by atoms with Gasteiger partial charge in [-0.25, -0.2) is 10.3 Å². The summed E-state index contributed by atoms with van der Waals surface area (Å²) in [6.45, 7) is 1.79. The van der Waals surface area contributed by atoms with Crippen molar-refractivity contribution in [1.29, 1.82) is 0 Å². The van der Waals surface area contributed by atoms with Gasteiger partial charge in [-0.2, -0.15) is 0 Å². The van der Waals surface area contributed by atoms with E-state index >= 15 is 0 Å². The van der Waals surface area contributed by atoms with E-state index in [0.717, 1.165) is 25.2 Å². The number of nitrogens with one attached hydrogen (secondary N) is 1. The largest absolute Gasteiger partial charge is 0.343 e. The Bertz CT molecular complexity index is 444. The van der Waals surface area contributed by atoms with Gasteiger partial charge in [0.2, 0.25) is 0 Å². The number of hydrogen-bond acceptors (Lipinski definition) is 1. The van der Waals surface area contributed by atoms with Crippen molar-refractivity contribution in [3.63, 3.8) is 0 Å². The van der Waals surface area contributed by atoms with Gasteiger partial charge in [0.25, 0.3) is 0 Å². The Morgan fingerprint density at radius 2 is 2.38 bits per heavy atom. The summed E-state index contributed by atoms with van der Waals surface area (Å²) >= 11 is 0. The second-order valence-corrected chi connectivity index (χ2v) is 3.34. The molecule has 2 aromatic heterocycles. The molecule has 1 radical (unpaired) electrons. The van der Waals surface area contributed by atoms with E-state index in [1.807, 2.05) is 12.3 Å². The molecule has 2 aromatic rings. The Labute approximate surface area is 76.2 Å². The highest BCUT2D eigenvalue weighted by Crippen LogP contribution is 2.23. The molecule has 0 spiro atoms. The van der Waals surface area contributed by atoms with Crippen LogP contribution >= 0.6 is 0 Å². The van der Waals surface area contributed by atoms with Crippen LogP contribution in [0.5, 0.6) is 0 Å². The van der Waals surface area contributed by atoms with Crippen molar-refractivity contribution in [2.24, 2.45) is 0 Å². The zero-order chi connectivity index (χ0) is 8.67. The van der Waals surface area contributed by atoms with Gasteiger partial charge in [0.15, 0.2) is 0 Å². The predicted molar refractivity (Wildman–Crippen MR) is 50.5 cm³/mol. The number of aromatic amines is 1. The monoisotopic (exact) mass is 172 g/mol. The molecule has 0 atom stereocenters. The minimum absolute atomic E-state index is 0.848. The fraction of sp³-hybridized carbons (Fsp3) is 0.300. The van der Waals surface area contributed by atoms with Crippen LogP contribution in [0.25, 0.3) is 11.0 Å². The van der Waals surface area contributed by atoms with E-state index in [-0.39, 0.29) is 0 Å². The van der Waals surface area contributed by atoms with Gasteiger partial charge in [-0.1, -0.05) is 0 Å². The number of H-pyrrole nitrogens is 1. The first-order valence-electron chi connectivity index (χ1n) is 4.53. The van der Waals surface area contributed by atoms with E-state index in [9.17, 15) is 0 Å². The second-order valence-electron chi connectivity index (χ2n) is 3.34. The van der Waals surface area contributed by atoms with E-state index in [4.69, 9.17) is 0 Å². The Balaban J connectivity index is 2.34. The summed E-state index contributed by atoms with van der Waals surface area (Å²) in [6, 6.07) is 4.09. The van der Waals surface area contributed by atoms with Crippen LogP contribution in [0.3, 0.4) is 0 Å². The molecule has 13 heavy (non-hydrogen) atoms. The fourth-order valence-corrected chi connectivity index (χ4v) is 1.91. The molecular formula is C10H10N3. The average Bonchev–Trinajstić information content (AvgIpc) is 2.56. The van der Waals surface area contributed by atoms with Crippen molar-refractivity contribution in [3.8, 4) is 0 Å². The van der Waals surface area contributed by atoms with Gasteiger partial charge < -0.3 is 4.98 Å². The normalized spacial score (nSPS) is 16.0. The Morgan fingerprint density at radius 1 is 1.38 bits per heavy atom. The Morgan fingerprint density at radius 3 is 3.38 bits per heavy atom. The van der Waals surface area contributed by atoms with E-state index in [1.165, 1.54) is 16.6 Å². The number of fused-ring (bicyclic) bond motifs is 3. The van der Waals surface area contributed by atoms with Crippen LogP contribution in [0, 0.1) is 0 Å². The molecule has 0 aliphatic carbocycles. The van der Waals surface area contributed by atoms with Crippen LogP contribution in [0.4, 0.5) is 0 Å². The zero-order valence-electron chi connectivity index (χ0n) is 7.25. The van der Waals surface area contributed by atoms with E-state index < -0.39 is 0 Å². The first kappa shape index (κ1) is 7.09. The molecule has 3 rings (SSSR count). The summed E-state index contributed by atoms with van der Waals surface area (Å²) in [5.74, 6) is 0. The average molecular weight is 172 g/mol. The number of pyridine rings is 1. The van der Waals surface area contributed by atoms with Crippen molar-refractivity contribution in [2.75, 3.05) is 6.54 Å². The van der Waals surface area contributed by atoms with Gasteiger partial charge in [0.05, 0.1) is 0 Å². The molecule has 3 heteroatoms. The summed E-state index contributed by atoms with van der Waals surface area (Å²) < 4.78 is 0. The van der Waals surface area contributed by atoms with Crippen molar-refractivity contribution in [3.05, 3.63) is 29.6 Å². The topological polar surface area (TPSA) is 42.8 Å². The molecule has 0 saturated heterocycles.